The molecule has 0 aromatic carbocycles. The molecule has 2 bridgehead atoms. The molecule has 2 saturated heterocycles. The van der Waals surface area contributed by atoms with Crippen LogP contribution in [-0.4, -0.2) is 46.7 Å². The van der Waals surface area contributed by atoms with Crippen molar-refractivity contribution < 1.29 is 31.1 Å². The number of hydrogen-bond acceptors (Lipinski definition) is 5. The number of halogens is 3. The lowest BCUT2D eigenvalue weighted by Crippen LogP contribution is -2.42. The van der Waals surface area contributed by atoms with Crippen LogP contribution in [0.2, 0.25) is 0 Å². The molecule has 0 aliphatic carbocycles. The van der Waals surface area contributed by atoms with E-state index < -0.39 is 27.3 Å². The van der Waals surface area contributed by atoms with E-state index in [2.05, 4.69) is 5.10 Å². The largest absolute Gasteiger partial charge is 0.442 e. The van der Waals surface area contributed by atoms with Gasteiger partial charge in [0, 0.05) is 17.5 Å². The van der Waals surface area contributed by atoms with E-state index in [0.29, 0.717) is 25.7 Å². The third kappa shape index (κ3) is 2.79. The van der Waals surface area contributed by atoms with Crippen molar-refractivity contribution in [1.29, 1.82) is 0 Å². The zero-order chi connectivity index (χ0) is 20.3. The van der Waals surface area contributed by atoms with Crippen molar-refractivity contribution in [2.45, 2.75) is 56.0 Å². The molecule has 2 aliphatic heterocycles. The van der Waals surface area contributed by atoms with Crippen LogP contribution in [0.5, 0.6) is 0 Å². The molecule has 0 unspecified atom stereocenters. The predicted molar refractivity (Wildman–Crippen MR) is 91.6 cm³/mol. The molecule has 3 atom stereocenters. The van der Waals surface area contributed by atoms with E-state index in [1.807, 2.05) is 12.0 Å². The number of aliphatic hydroxyl groups excluding tert-OH is 1. The quantitative estimate of drug-likeness (QED) is 0.776. The minimum absolute atomic E-state index is 0.0687. The van der Waals surface area contributed by atoms with Gasteiger partial charge < -0.3 is 9.52 Å². The molecule has 2 aromatic heterocycles. The van der Waals surface area contributed by atoms with Crippen molar-refractivity contribution in [3.63, 3.8) is 0 Å². The lowest BCUT2D eigenvalue weighted by Gasteiger charge is -2.34. The highest BCUT2D eigenvalue weighted by atomic mass is 32.2. The van der Waals surface area contributed by atoms with Crippen molar-refractivity contribution in [2.24, 2.45) is 5.41 Å². The third-order valence-corrected chi connectivity index (χ3v) is 7.89. The van der Waals surface area contributed by atoms with Crippen LogP contribution in [-0.2, 0) is 16.2 Å². The average Bonchev–Trinajstić information content (AvgIpc) is 3.42. The fourth-order valence-corrected chi connectivity index (χ4v) is 6.43. The minimum Gasteiger partial charge on any atom is -0.442 e. The summed E-state index contributed by atoms with van der Waals surface area (Å²) < 4.78 is 71.3. The normalized spacial score (nSPS) is 28.3. The van der Waals surface area contributed by atoms with E-state index in [1.54, 1.807) is 0 Å². The number of alkyl halides is 3. The number of aliphatic hydroxyl groups is 1. The number of H-pyrrole nitrogens is 1. The Balaban J connectivity index is 1.65. The number of nitrogens with zero attached hydrogens (tertiary/aromatic N) is 2. The third-order valence-electron chi connectivity index (χ3n) is 6.06. The first kappa shape index (κ1) is 19.5. The Morgan fingerprint density at radius 2 is 2.14 bits per heavy atom. The highest BCUT2D eigenvalue weighted by molar-refractivity contribution is 7.89. The maximum Gasteiger partial charge on any atom is 0.432 e. The second-order valence-electron chi connectivity index (χ2n) is 7.44. The van der Waals surface area contributed by atoms with E-state index >= 15 is 0 Å². The average molecular weight is 419 g/mol. The molecular weight excluding hydrogens is 399 g/mol. The number of aromatic amines is 1. The van der Waals surface area contributed by atoms with E-state index in [4.69, 9.17) is 4.42 Å². The first-order chi connectivity index (χ1) is 13.1. The number of rotatable bonds is 5. The lowest BCUT2D eigenvalue weighted by molar-refractivity contribution is -0.141. The van der Waals surface area contributed by atoms with Crippen LogP contribution < -0.4 is 0 Å². The smallest absolute Gasteiger partial charge is 0.432 e. The van der Waals surface area contributed by atoms with Crippen LogP contribution in [0.3, 0.4) is 0 Å². The summed E-state index contributed by atoms with van der Waals surface area (Å²) in [5.41, 5.74) is -1.64. The van der Waals surface area contributed by atoms with Crippen molar-refractivity contribution in [3.05, 3.63) is 23.9 Å². The van der Waals surface area contributed by atoms with Gasteiger partial charge in [-0.3, -0.25) is 5.10 Å². The van der Waals surface area contributed by atoms with E-state index in [9.17, 15) is 26.7 Å². The fourth-order valence-electron chi connectivity index (χ4n) is 4.55. The number of furan rings is 1. The molecule has 2 fully saturated rings. The Labute approximate surface area is 159 Å². The summed E-state index contributed by atoms with van der Waals surface area (Å²) in [6, 6.07) is 2.77. The van der Waals surface area contributed by atoms with Crippen molar-refractivity contribution in [1.82, 2.24) is 14.5 Å². The Kier molecular flexibility index (Phi) is 4.40. The molecule has 2 aromatic rings. The maximum atomic E-state index is 13.2. The summed E-state index contributed by atoms with van der Waals surface area (Å²) >= 11 is 0. The van der Waals surface area contributed by atoms with Crippen LogP contribution in [0.1, 0.15) is 38.3 Å². The zero-order valence-corrected chi connectivity index (χ0v) is 15.8. The first-order valence-electron chi connectivity index (χ1n) is 8.99. The van der Waals surface area contributed by atoms with Crippen molar-refractivity contribution >= 4 is 10.0 Å². The molecule has 4 heterocycles. The van der Waals surface area contributed by atoms with Crippen LogP contribution in [0.15, 0.2) is 27.7 Å². The minimum atomic E-state index is -4.59. The molecule has 11 heteroatoms. The highest BCUT2D eigenvalue weighted by Crippen LogP contribution is 2.53. The van der Waals surface area contributed by atoms with Crippen molar-refractivity contribution in [3.8, 4) is 11.5 Å². The van der Waals surface area contributed by atoms with Gasteiger partial charge in [0.05, 0.1) is 6.61 Å². The lowest BCUT2D eigenvalue weighted by atomic mass is 9.72. The number of aromatic nitrogens is 2. The predicted octanol–water partition coefficient (Wildman–Crippen LogP) is 3.00. The van der Waals surface area contributed by atoms with Gasteiger partial charge in [-0.2, -0.15) is 22.6 Å². The van der Waals surface area contributed by atoms with Gasteiger partial charge in [0.2, 0.25) is 5.09 Å². The molecule has 154 valence electrons. The zero-order valence-electron chi connectivity index (χ0n) is 15.0. The molecule has 2 aliphatic rings. The molecule has 0 radical (unpaired) electrons. The summed E-state index contributed by atoms with van der Waals surface area (Å²) in [7, 11) is -3.98. The van der Waals surface area contributed by atoms with Gasteiger partial charge in [-0.1, -0.05) is 6.92 Å². The summed E-state index contributed by atoms with van der Waals surface area (Å²) in [6.45, 7) is 1.84. The Hall–Kier alpha value is -1.85. The Morgan fingerprint density at radius 1 is 1.39 bits per heavy atom. The maximum absolute atomic E-state index is 13.2. The standard InChI is InChI=1S/C17H20F3N3O4S/c1-2-16(9-24)8-10-3-5-14(16)23(10)28(25,26)15-6-4-12(27-15)11-7-13(22-21-11)17(18,19)20/h4,6-7,10,14,24H,2-3,5,8-9H2,1H3,(H,21,22)/t10-,14+,16-/m0/s1. The summed E-state index contributed by atoms with van der Waals surface area (Å²) in [6.07, 6.45) is -1.96. The molecule has 0 spiro atoms. The number of nitrogens with one attached hydrogen (secondary N) is 1. The number of sulfonamides is 1. The van der Waals surface area contributed by atoms with Gasteiger partial charge in [0.25, 0.3) is 10.0 Å². The number of fused-ring (bicyclic) bond motifs is 2. The van der Waals surface area contributed by atoms with Crippen LogP contribution in [0.25, 0.3) is 11.5 Å². The van der Waals surface area contributed by atoms with Crippen LogP contribution in [0.4, 0.5) is 13.2 Å². The highest BCUT2D eigenvalue weighted by Gasteiger charge is 2.59. The second kappa shape index (κ2) is 6.33. The van der Waals surface area contributed by atoms with E-state index in [1.165, 1.54) is 16.4 Å². The SMILES string of the molecule is CC[C@@]1(CO)C[C@@H]2CC[C@H]1N2S(=O)(=O)c1ccc(-c2cc(C(F)(F)F)[nH]n2)o1. The van der Waals surface area contributed by atoms with Crippen molar-refractivity contribution in [2.75, 3.05) is 6.61 Å². The summed E-state index contributed by atoms with van der Waals surface area (Å²) in [5.74, 6) is -0.0687. The monoisotopic (exact) mass is 419 g/mol. The second-order valence-corrected chi connectivity index (χ2v) is 9.22. The van der Waals surface area contributed by atoms with Crippen LogP contribution >= 0.6 is 0 Å². The molecule has 7 nitrogen and oxygen atoms in total. The van der Waals surface area contributed by atoms with Crippen LogP contribution in [0, 0.1) is 5.41 Å². The molecule has 28 heavy (non-hydrogen) atoms. The van der Waals surface area contributed by atoms with E-state index in [-0.39, 0.29) is 35.2 Å². The van der Waals surface area contributed by atoms with Gasteiger partial charge in [-0.25, -0.2) is 8.42 Å². The molecule has 4 rings (SSSR count). The first-order valence-corrected chi connectivity index (χ1v) is 10.4. The molecular formula is C17H20F3N3O4S. The van der Waals surface area contributed by atoms with Gasteiger partial charge in [-0.05, 0) is 43.9 Å². The number of hydrogen-bond donors (Lipinski definition) is 2. The van der Waals surface area contributed by atoms with E-state index in [0.717, 1.165) is 6.07 Å². The molecule has 0 saturated carbocycles. The van der Waals surface area contributed by atoms with Gasteiger partial charge in [-0.15, -0.1) is 0 Å². The Bertz CT molecular complexity index is 978. The molecule has 2 N–H and O–H groups in total. The summed E-state index contributed by atoms with van der Waals surface area (Å²) in [4.78, 5) is 0. The van der Waals surface area contributed by atoms with Gasteiger partial charge in [0.1, 0.15) is 11.4 Å². The van der Waals surface area contributed by atoms with Gasteiger partial charge >= 0.3 is 6.18 Å². The topological polar surface area (TPSA) is 99.4 Å². The molecule has 0 amide bonds. The Morgan fingerprint density at radius 3 is 2.71 bits per heavy atom. The fraction of sp³-hybridized carbons (Fsp3) is 0.588. The van der Waals surface area contributed by atoms with Gasteiger partial charge in [0.15, 0.2) is 5.76 Å². The summed E-state index contributed by atoms with van der Waals surface area (Å²) in [5, 5.41) is 15.0.